The summed E-state index contributed by atoms with van der Waals surface area (Å²) < 4.78 is 42.5. The van der Waals surface area contributed by atoms with Crippen molar-refractivity contribution in [2.75, 3.05) is 0 Å². The van der Waals surface area contributed by atoms with E-state index in [0.717, 1.165) is 0 Å². The van der Waals surface area contributed by atoms with Crippen molar-refractivity contribution in [1.29, 1.82) is 0 Å². The van der Waals surface area contributed by atoms with E-state index in [4.69, 9.17) is 20.3 Å². The summed E-state index contributed by atoms with van der Waals surface area (Å²) in [6.07, 6.45) is 0. The Morgan fingerprint density at radius 2 is 1.14 bits per heavy atom. The second-order valence-electron chi connectivity index (χ2n) is 0.408. The fourth-order valence-electron chi connectivity index (χ4n) is 0. The maximum absolute atomic E-state index is 8.52. The molecule has 0 unspecified atom stereocenters. The van der Waals surface area contributed by atoms with Crippen LogP contribution in [0, 0.1) is 0 Å². The summed E-state index contributed by atoms with van der Waals surface area (Å²) in [6, 6.07) is 0. The number of hydrogen-bond acceptors (Lipinski definition) is 5. The Morgan fingerprint density at radius 1 is 1.14 bits per heavy atom. The molecule has 7 heavy (non-hydrogen) atoms. The van der Waals surface area contributed by atoms with Crippen molar-refractivity contribution in [2.45, 2.75) is 0 Å². The molecular weight excluding hydrogens is 321 g/mol. The molecule has 0 amide bonds. The molecule has 0 aromatic heterocycles. The molecule has 0 aliphatic carbocycles. The van der Waals surface area contributed by atoms with Crippen LogP contribution in [0.25, 0.3) is 0 Å². The Morgan fingerprint density at radius 3 is 1.14 bits per heavy atom. The number of hydrogen-bond donors (Lipinski definition) is 0. The molecule has 0 aliphatic heterocycles. The normalized spacial score (nSPS) is 8.71. The molecule has 0 rings (SSSR count). The number of rotatable bonds is 0. The fraction of sp³-hybridized carbons (Fsp3) is 0. The van der Waals surface area contributed by atoms with Crippen LogP contribution in [0.15, 0.2) is 0 Å². The zero-order chi connectivity index (χ0) is 6.50. The third-order valence-corrected chi connectivity index (χ3v) is 0. The monoisotopic (exact) mass is 322 g/mol. The second kappa shape index (κ2) is 4.71. The van der Waals surface area contributed by atoms with Crippen LogP contribution in [0.5, 0.6) is 0 Å². The first-order valence-electron chi connectivity index (χ1n) is 0.871. The van der Waals surface area contributed by atoms with Gasteiger partial charge in [-0.1, -0.05) is 0 Å². The van der Waals surface area contributed by atoms with Gasteiger partial charge in [-0.2, -0.15) is 0 Å². The molecule has 7 heteroatoms. The van der Waals surface area contributed by atoms with Gasteiger partial charge in [-0.25, -0.2) is 0 Å². The molecule has 0 N–H and O–H groups in total. The maximum atomic E-state index is 8.52. The van der Waals surface area contributed by atoms with Crippen LogP contribution in [-0.4, -0.2) is 42.2 Å². The molecule has 0 saturated heterocycles. The summed E-state index contributed by atoms with van der Waals surface area (Å²) in [5, 5.41) is 0. The van der Waals surface area contributed by atoms with Crippen LogP contribution in [0.4, 0.5) is 0 Å². The molecule has 0 aromatic carbocycles. The van der Waals surface area contributed by atoms with Gasteiger partial charge in [0.1, 0.15) is 0 Å². The van der Waals surface area contributed by atoms with Gasteiger partial charge >= 0.3 is 27.5 Å². The van der Waals surface area contributed by atoms with Gasteiger partial charge < -0.3 is 9.11 Å². The Kier molecular flexibility index (Phi) is 7.07. The van der Waals surface area contributed by atoms with Crippen LogP contribution in [0.2, 0.25) is 0 Å². The van der Waals surface area contributed by atoms with Gasteiger partial charge in [0.15, 0.2) is 0 Å². The Hall–Kier alpha value is 0.553. The first kappa shape index (κ1) is 10.5. The first-order valence-corrected chi connectivity index (χ1v) is 3.79. The molecule has 0 spiro atoms. The molecule has 0 fully saturated rings. The average Bonchev–Trinajstić information content (AvgIpc) is 1.36. The molecule has 42 valence electrons. The van der Waals surface area contributed by atoms with Gasteiger partial charge in [-0.15, -0.1) is 0 Å². The van der Waals surface area contributed by atoms with Gasteiger partial charge in [-0.05, 0) is 0 Å². The molecule has 0 bridgehead atoms. The van der Waals surface area contributed by atoms with E-state index in [0.29, 0.717) is 0 Å². The van der Waals surface area contributed by atoms with Crippen LogP contribution < -0.4 is 0 Å². The topological polar surface area (TPSA) is 97.3 Å². The van der Waals surface area contributed by atoms with E-state index in [1.807, 2.05) is 0 Å². The Balaban J connectivity index is 0. The van der Waals surface area contributed by atoms with Crippen molar-refractivity contribution in [3.05, 3.63) is 0 Å². The first-order chi connectivity index (χ1) is 3.00. The Labute approximate surface area is 55.6 Å². The van der Waals surface area contributed by atoms with Gasteiger partial charge in [0.25, 0.3) is 0 Å². The zero-order valence-corrected chi connectivity index (χ0v) is 7.65. The summed E-state index contributed by atoms with van der Waals surface area (Å²) in [4.78, 5) is 0. The van der Waals surface area contributed by atoms with Gasteiger partial charge in [0.05, 0.1) is 0 Å². The molecule has 0 heterocycles. The van der Waals surface area contributed by atoms with Crippen molar-refractivity contribution in [3.8, 4) is 0 Å². The van der Waals surface area contributed by atoms with E-state index in [1.54, 1.807) is 0 Å². The van der Waals surface area contributed by atoms with E-state index in [1.165, 1.54) is 0 Å². The molecule has 0 aromatic rings. The fourth-order valence-corrected chi connectivity index (χ4v) is 0. The van der Waals surface area contributed by atoms with Crippen molar-refractivity contribution in [1.82, 2.24) is 0 Å². The summed E-state index contributed by atoms with van der Waals surface area (Å²) in [5.41, 5.74) is 0. The minimum atomic E-state index is -5.17. The van der Waals surface area contributed by atoms with Crippen LogP contribution in [-0.2, 0) is 13.2 Å². The third-order valence-electron chi connectivity index (χ3n) is 0. The molecule has 5 nitrogen and oxygen atoms in total. The van der Waals surface area contributed by atoms with Crippen molar-refractivity contribution in [2.24, 2.45) is 0 Å². The van der Waals surface area contributed by atoms with Crippen LogP contribution >= 0.6 is 0 Å². The van der Waals surface area contributed by atoms with Crippen molar-refractivity contribution in [3.63, 3.8) is 0 Å². The summed E-state index contributed by atoms with van der Waals surface area (Å²) in [6.45, 7) is 0. The minimum absolute atomic E-state index is 0.0556. The summed E-state index contributed by atoms with van der Waals surface area (Å²) >= 11 is 0.0556. The van der Waals surface area contributed by atoms with Crippen LogP contribution in [0.3, 0.4) is 0 Å². The van der Waals surface area contributed by atoms with Crippen molar-refractivity contribution < 1.29 is 20.3 Å². The quantitative estimate of drug-likeness (QED) is 0.289. The van der Waals surface area contributed by atoms with E-state index in [9.17, 15) is 0 Å². The molecule has 0 atom stereocenters. The predicted octanol–water partition coefficient (Wildman–Crippen LogP) is -2.11. The third kappa shape index (κ3) is 444. The second-order valence-corrected chi connectivity index (χ2v) is 1.22. The van der Waals surface area contributed by atoms with E-state index in [-0.39, 0.29) is 24.7 Å². The van der Waals surface area contributed by atoms with Gasteiger partial charge in [0.2, 0.25) is 0 Å². The van der Waals surface area contributed by atoms with Crippen molar-refractivity contribution >= 4 is 35.1 Å². The van der Waals surface area contributed by atoms with Crippen LogP contribution in [0.1, 0.15) is 0 Å². The average molecular weight is 322 g/mol. The summed E-state index contributed by atoms with van der Waals surface area (Å²) in [5.74, 6) is 0. The zero-order valence-electron chi connectivity index (χ0n) is 2.95. The standard InChI is InChI=1S/Bi.H2O4S.O.H/c;1-5(2,3)4;;/h;(H2,1,2,3,4);;/q+2;;;/p-2. The predicted molar refractivity (Wildman–Crippen MR) is 18.3 cm³/mol. The van der Waals surface area contributed by atoms with E-state index < -0.39 is 10.4 Å². The SMILES string of the molecule is O=S(=O)([O-])[O-].[O]=[BiH+2]. The molecule has 0 radical (unpaired) electrons. The summed E-state index contributed by atoms with van der Waals surface area (Å²) in [7, 11) is -5.17. The van der Waals surface area contributed by atoms with Gasteiger partial charge in [0, 0.05) is 10.4 Å². The Bertz CT molecular complexity index is 102. The molecule has 0 saturated carbocycles. The van der Waals surface area contributed by atoms with E-state index in [2.05, 4.69) is 0 Å². The van der Waals surface area contributed by atoms with Gasteiger partial charge in [-0.3, -0.25) is 8.42 Å². The van der Waals surface area contributed by atoms with E-state index >= 15 is 0 Å². The molecular formula is HBiO5S. The molecule has 0 aliphatic rings.